The number of aromatic nitrogens is 2. The topological polar surface area (TPSA) is 70.1 Å². The van der Waals surface area contributed by atoms with Gasteiger partial charge in [-0.05, 0) is 19.1 Å². The van der Waals surface area contributed by atoms with Crippen molar-refractivity contribution in [2.24, 2.45) is 7.05 Å². The molecule has 1 aromatic carbocycles. The van der Waals surface area contributed by atoms with Crippen LogP contribution in [-0.4, -0.2) is 22.4 Å². The number of nitrogen functional groups attached to an aromatic ring is 1. The molecule has 5 nitrogen and oxygen atoms in total. The summed E-state index contributed by atoms with van der Waals surface area (Å²) >= 11 is 12.3. The highest BCUT2D eigenvalue weighted by atomic mass is 35.5. The Balaban J connectivity index is 2.62. The highest BCUT2D eigenvalue weighted by molar-refractivity contribution is 6.39. The van der Waals surface area contributed by atoms with Crippen LogP contribution in [0.5, 0.6) is 0 Å². The summed E-state index contributed by atoms with van der Waals surface area (Å²) in [7, 11) is 1.66. The van der Waals surface area contributed by atoms with Crippen LogP contribution in [0, 0.1) is 0 Å². The van der Waals surface area contributed by atoms with E-state index in [-0.39, 0.29) is 18.0 Å². The highest BCUT2D eigenvalue weighted by Crippen LogP contribution is 2.38. The van der Waals surface area contributed by atoms with Gasteiger partial charge in [-0.15, -0.1) is 0 Å². The molecule has 1 aromatic heterocycles. The number of hydrogen-bond acceptors (Lipinski definition) is 4. The van der Waals surface area contributed by atoms with E-state index in [2.05, 4.69) is 5.10 Å². The van der Waals surface area contributed by atoms with Crippen LogP contribution >= 0.6 is 23.2 Å². The lowest BCUT2D eigenvalue weighted by atomic mass is 10.1. The number of anilines is 1. The molecule has 20 heavy (non-hydrogen) atoms. The maximum Gasteiger partial charge on any atom is 0.361 e. The summed E-state index contributed by atoms with van der Waals surface area (Å²) in [4.78, 5) is 11.8. The van der Waals surface area contributed by atoms with E-state index < -0.39 is 5.97 Å². The fourth-order valence-electron chi connectivity index (χ4n) is 1.91. The Morgan fingerprint density at radius 3 is 2.55 bits per heavy atom. The molecule has 2 aromatic rings. The second-order valence-electron chi connectivity index (χ2n) is 4.05. The van der Waals surface area contributed by atoms with Crippen molar-refractivity contribution in [3.8, 4) is 11.3 Å². The van der Waals surface area contributed by atoms with Gasteiger partial charge in [0.05, 0.1) is 28.0 Å². The maximum absolute atomic E-state index is 11.8. The second-order valence-corrected chi connectivity index (χ2v) is 4.87. The standard InChI is InChI=1S/C13H13Cl2N3O2/c1-3-20-13(19)11-10(16)12(18(2)17-11)9-7(14)5-4-6-8(9)15/h4-6H,3,16H2,1-2H3. The van der Waals surface area contributed by atoms with Crippen LogP contribution in [0.3, 0.4) is 0 Å². The zero-order valence-electron chi connectivity index (χ0n) is 11.0. The normalized spacial score (nSPS) is 10.6. The van der Waals surface area contributed by atoms with Gasteiger partial charge in [-0.1, -0.05) is 29.3 Å². The fraction of sp³-hybridized carbons (Fsp3) is 0.231. The molecule has 2 rings (SSSR count). The van der Waals surface area contributed by atoms with E-state index in [4.69, 9.17) is 33.7 Å². The summed E-state index contributed by atoms with van der Waals surface area (Å²) < 4.78 is 6.38. The second kappa shape index (κ2) is 5.73. The number of halogens is 2. The number of carbonyl (C=O) groups is 1. The molecule has 0 spiro atoms. The summed E-state index contributed by atoms with van der Waals surface area (Å²) in [6, 6.07) is 5.12. The van der Waals surface area contributed by atoms with Gasteiger partial charge < -0.3 is 10.5 Å². The number of nitrogens with zero attached hydrogens (tertiary/aromatic N) is 2. The van der Waals surface area contributed by atoms with Gasteiger partial charge in [-0.25, -0.2) is 4.79 Å². The molecule has 1 heterocycles. The molecule has 7 heteroatoms. The zero-order chi connectivity index (χ0) is 14.9. The molecule has 0 amide bonds. The van der Waals surface area contributed by atoms with Crippen LogP contribution in [0.25, 0.3) is 11.3 Å². The Morgan fingerprint density at radius 1 is 1.40 bits per heavy atom. The molecule has 0 aliphatic heterocycles. The maximum atomic E-state index is 11.8. The van der Waals surface area contributed by atoms with Gasteiger partial charge in [0.25, 0.3) is 0 Å². The summed E-state index contributed by atoms with van der Waals surface area (Å²) in [6.45, 7) is 1.96. The zero-order valence-corrected chi connectivity index (χ0v) is 12.5. The van der Waals surface area contributed by atoms with Crippen LogP contribution in [0.1, 0.15) is 17.4 Å². The summed E-state index contributed by atoms with van der Waals surface area (Å²) in [5.74, 6) is -0.574. The first kappa shape index (κ1) is 14.7. The first-order valence-corrected chi connectivity index (χ1v) is 6.67. The average Bonchev–Trinajstić information content (AvgIpc) is 2.67. The van der Waals surface area contributed by atoms with E-state index >= 15 is 0 Å². The largest absolute Gasteiger partial charge is 0.461 e. The minimum Gasteiger partial charge on any atom is -0.461 e. The van der Waals surface area contributed by atoms with E-state index in [0.717, 1.165) is 0 Å². The lowest BCUT2D eigenvalue weighted by Crippen LogP contribution is -2.08. The Bertz CT molecular complexity index is 648. The quantitative estimate of drug-likeness (QED) is 0.884. The van der Waals surface area contributed by atoms with Crippen LogP contribution in [0.2, 0.25) is 10.0 Å². The van der Waals surface area contributed by atoms with E-state index in [1.165, 1.54) is 4.68 Å². The smallest absolute Gasteiger partial charge is 0.361 e. The monoisotopic (exact) mass is 313 g/mol. The molecule has 0 fully saturated rings. The van der Waals surface area contributed by atoms with Gasteiger partial charge >= 0.3 is 5.97 Å². The van der Waals surface area contributed by atoms with Gasteiger partial charge in [0.2, 0.25) is 0 Å². The molecule has 106 valence electrons. The number of nitrogens with two attached hydrogens (primary N) is 1. The molecule has 0 aliphatic carbocycles. The predicted octanol–water partition coefficient (Wildman–Crippen LogP) is 3.15. The molecule has 0 saturated heterocycles. The van der Waals surface area contributed by atoms with E-state index in [0.29, 0.717) is 21.3 Å². The average molecular weight is 314 g/mol. The number of ether oxygens (including phenoxy) is 1. The summed E-state index contributed by atoms with van der Waals surface area (Å²) in [6.07, 6.45) is 0. The Labute approximate surface area is 126 Å². The molecular formula is C13H13Cl2N3O2. The molecule has 0 unspecified atom stereocenters. The van der Waals surface area contributed by atoms with Gasteiger partial charge in [-0.3, -0.25) is 4.68 Å². The summed E-state index contributed by atoms with van der Waals surface area (Å²) in [5, 5.41) is 4.95. The van der Waals surface area contributed by atoms with Crippen molar-refractivity contribution in [2.45, 2.75) is 6.92 Å². The van der Waals surface area contributed by atoms with Gasteiger partial charge in [-0.2, -0.15) is 5.10 Å². The molecule has 0 aliphatic rings. The number of benzene rings is 1. The van der Waals surface area contributed by atoms with Crippen molar-refractivity contribution in [2.75, 3.05) is 12.3 Å². The first-order valence-electron chi connectivity index (χ1n) is 5.91. The minimum absolute atomic E-state index is 0.0559. The predicted molar refractivity (Wildman–Crippen MR) is 79.0 cm³/mol. The van der Waals surface area contributed by atoms with Crippen LogP contribution in [0.4, 0.5) is 5.69 Å². The van der Waals surface area contributed by atoms with Crippen molar-refractivity contribution >= 4 is 34.9 Å². The van der Waals surface area contributed by atoms with Gasteiger partial charge in [0.15, 0.2) is 5.69 Å². The Kier molecular flexibility index (Phi) is 4.20. The van der Waals surface area contributed by atoms with Crippen LogP contribution in [-0.2, 0) is 11.8 Å². The van der Waals surface area contributed by atoms with E-state index in [1.807, 2.05) is 0 Å². The number of carbonyl (C=O) groups excluding carboxylic acids is 1. The number of esters is 1. The van der Waals surface area contributed by atoms with Gasteiger partial charge in [0.1, 0.15) is 0 Å². The number of aryl methyl sites for hydroxylation is 1. The lowest BCUT2D eigenvalue weighted by Gasteiger charge is -2.08. The third-order valence-corrected chi connectivity index (χ3v) is 3.38. The molecule has 2 N–H and O–H groups in total. The third-order valence-electron chi connectivity index (χ3n) is 2.75. The lowest BCUT2D eigenvalue weighted by molar-refractivity contribution is 0.0520. The first-order chi connectivity index (χ1) is 9.47. The van der Waals surface area contributed by atoms with Crippen LogP contribution in [0.15, 0.2) is 18.2 Å². The molecule has 0 radical (unpaired) electrons. The van der Waals surface area contributed by atoms with E-state index in [1.54, 1.807) is 32.2 Å². The molecule has 0 saturated carbocycles. The van der Waals surface area contributed by atoms with Crippen molar-refractivity contribution in [1.82, 2.24) is 9.78 Å². The van der Waals surface area contributed by atoms with Crippen molar-refractivity contribution < 1.29 is 9.53 Å². The summed E-state index contributed by atoms with van der Waals surface area (Å²) in [5.41, 5.74) is 7.29. The van der Waals surface area contributed by atoms with Crippen molar-refractivity contribution in [3.63, 3.8) is 0 Å². The van der Waals surface area contributed by atoms with Crippen molar-refractivity contribution in [1.29, 1.82) is 0 Å². The number of hydrogen-bond donors (Lipinski definition) is 1. The number of rotatable bonds is 3. The van der Waals surface area contributed by atoms with Crippen LogP contribution < -0.4 is 5.73 Å². The van der Waals surface area contributed by atoms with E-state index in [9.17, 15) is 4.79 Å². The van der Waals surface area contributed by atoms with Gasteiger partial charge in [0, 0.05) is 12.6 Å². The minimum atomic E-state index is -0.574. The molecule has 0 bridgehead atoms. The third kappa shape index (κ3) is 2.46. The molecule has 0 atom stereocenters. The highest BCUT2D eigenvalue weighted by Gasteiger charge is 2.24. The fourth-order valence-corrected chi connectivity index (χ4v) is 2.49. The Morgan fingerprint density at radius 2 is 2.00 bits per heavy atom. The molecular weight excluding hydrogens is 301 g/mol. The SMILES string of the molecule is CCOC(=O)c1nn(C)c(-c2c(Cl)cccc2Cl)c1N. The van der Waals surface area contributed by atoms with Crippen molar-refractivity contribution in [3.05, 3.63) is 33.9 Å². The Hall–Kier alpha value is -1.72.